The van der Waals surface area contributed by atoms with E-state index in [1.165, 1.54) is 6.92 Å². The summed E-state index contributed by atoms with van der Waals surface area (Å²) < 4.78 is 36.0. The van der Waals surface area contributed by atoms with Crippen LogP contribution >= 0.6 is 0 Å². The highest BCUT2D eigenvalue weighted by atomic mass is 19.4. The van der Waals surface area contributed by atoms with E-state index < -0.39 is 12.2 Å². The van der Waals surface area contributed by atoms with Gasteiger partial charge in [0.15, 0.2) is 0 Å². The maximum Gasteiger partial charge on any atom is 0.410 e. The molecule has 0 spiro atoms. The van der Waals surface area contributed by atoms with Gasteiger partial charge in [0, 0.05) is 7.05 Å². The molecule has 0 saturated carbocycles. The molecule has 2 N–H and O–H groups in total. The minimum Gasteiger partial charge on any atom is -0.313 e. The highest BCUT2D eigenvalue weighted by molar-refractivity contribution is 5.53. The molecular formula is C6H12F3N3. The van der Waals surface area contributed by atoms with Crippen LogP contribution in [0, 0.1) is 0 Å². The molecular weight excluding hydrogens is 171 g/mol. The van der Waals surface area contributed by atoms with Crippen molar-refractivity contribution in [1.29, 1.82) is 0 Å². The molecule has 12 heavy (non-hydrogen) atoms. The van der Waals surface area contributed by atoms with Crippen LogP contribution in [0.2, 0.25) is 0 Å². The summed E-state index contributed by atoms with van der Waals surface area (Å²) in [6.07, 6.45) is -3.30. The third-order valence-corrected chi connectivity index (χ3v) is 1.23. The van der Waals surface area contributed by atoms with Crippen molar-refractivity contribution in [1.82, 2.24) is 10.9 Å². The van der Waals surface area contributed by atoms with Crippen LogP contribution in [0.15, 0.2) is 4.99 Å². The van der Waals surface area contributed by atoms with Crippen molar-refractivity contribution < 1.29 is 13.2 Å². The fraction of sp³-hybridized carbons (Fsp3) is 0.833. The van der Waals surface area contributed by atoms with Gasteiger partial charge in [-0.05, 0) is 6.42 Å². The van der Waals surface area contributed by atoms with Gasteiger partial charge in [0.2, 0.25) is 0 Å². The Kier molecular flexibility index (Phi) is 4.65. The molecule has 0 aromatic carbocycles. The summed E-state index contributed by atoms with van der Waals surface area (Å²) in [6.45, 7) is 1.44. The van der Waals surface area contributed by atoms with Gasteiger partial charge in [-0.25, -0.2) is 5.43 Å². The molecule has 0 bridgehead atoms. The molecule has 3 nitrogen and oxygen atoms in total. The first kappa shape index (κ1) is 11.2. The summed E-state index contributed by atoms with van der Waals surface area (Å²) in [5.41, 5.74) is 4.78. The first-order chi connectivity index (χ1) is 5.52. The smallest absolute Gasteiger partial charge is 0.313 e. The Morgan fingerprint density at radius 2 is 2.08 bits per heavy atom. The van der Waals surface area contributed by atoms with Crippen molar-refractivity contribution in [2.45, 2.75) is 25.6 Å². The fourth-order valence-electron chi connectivity index (χ4n) is 0.613. The molecule has 0 aromatic heterocycles. The van der Waals surface area contributed by atoms with Crippen LogP contribution in [0.1, 0.15) is 13.3 Å². The lowest BCUT2D eigenvalue weighted by Crippen LogP contribution is -2.30. The topological polar surface area (TPSA) is 36.4 Å². The lowest BCUT2D eigenvalue weighted by Gasteiger charge is -2.13. The number of nitrogens with zero attached hydrogens (tertiary/aromatic N) is 1. The van der Waals surface area contributed by atoms with Gasteiger partial charge in [0.05, 0.1) is 6.34 Å². The normalized spacial score (nSPS) is 15.1. The average molecular weight is 183 g/mol. The van der Waals surface area contributed by atoms with Gasteiger partial charge in [-0.15, -0.1) is 0 Å². The van der Waals surface area contributed by atoms with E-state index in [-0.39, 0.29) is 6.42 Å². The van der Waals surface area contributed by atoms with Crippen molar-refractivity contribution in [2.75, 3.05) is 7.05 Å². The second-order valence-electron chi connectivity index (χ2n) is 2.14. The van der Waals surface area contributed by atoms with Crippen LogP contribution < -0.4 is 10.9 Å². The standard InChI is InChI=1S/C6H12F3N3/c1-3-5(6(7,8)9)11-4-12-10-2/h4-5,10H,3H2,1-2H3,(H,11,12). The highest BCUT2D eigenvalue weighted by Gasteiger charge is 2.37. The van der Waals surface area contributed by atoms with Crippen molar-refractivity contribution in [3.8, 4) is 0 Å². The quantitative estimate of drug-likeness (QED) is 0.388. The molecule has 0 rings (SSSR count). The number of hydrogen-bond acceptors (Lipinski definition) is 2. The summed E-state index contributed by atoms with van der Waals surface area (Å²) in [5.74, 6) is 0. The van der Waals surface area contributed by atoms with Gasteiger partial charge in [0.25, 0.3) is 0 Å². The first-order valence-electron chi connectivity index (χ1n) is 3.53. The molecule has 0 fully saturated rings. The molecule has 0 saturated heterocycles. The van der Waals surface area contributed by atoms with E-state index in [1.54, 1.807) is 7.05 Å². The Balaban J connectivity index is 4.00. The van der Waals surface area contributed by atoms with E-state index in [9.17, 15) is 13.2 Å². The van der Waals surface area contributed by atoms with Crippen LogP contribution in [0.3, 0.4) is 0 Å². The van der Waals surface area contributed by atoms with Gasteiger partial charge in [-0.2, -0.15) is 13.2 Å². The van der Waals surface area contributed by atoms with Crippen LogP contribution in [0.5, 0.6) is 0 Å². The average Bonchev–Trinajstić information content (AvgIpc) is 1.95. The molecule has 0 heterocycles. The molecule has 0 radical (unpaired) electrons. The van der Waals surface area contributed by atoms with Gasteiger partial charge in [-0.3, -0.25) is 4.99 Å². The number of hydrogen-bond donors (Lipinski definition) is 2. The third-order valence-electron chi connectivity index (χ3n) is 1.23. The summed E-state index contributed by atoms with van der Waals surface area (Å²) in [6, 6.07) is -1.61. The first-order valence-corrected chi connectivity index (χ1v) is 3.53. The molecule has 72 valence electrons. The van der Waals surface area contributed by atoms with E-state index in [0.717, 1.165) is 6.34 Å². The summed E-state index contributed by atoms with van der Waals surface area (Å²) in [7, 11) is 1.54. The maximum atomic E-state index is 12.0. The number of alkyl halides is 3. The van der Waals surface area contributed by atoms with Gasteiger partial charge >= 0.3 is 6.18 Å². The molecule has 0 aliphatic rings. The SMILES string of the molecule is CCC(N=CNNC)C(F)(F)F. The van der Waals surface area contributed by atoms with Gasteiger partial charge < -0.3 is 5.43 Å². The highest BCUT2D eigenvalue weighted by Crippen LogP contribution is 2.24. The number of aliphatic imine (C=N–C) groups is 1. The number of rotatable bonds is 4. The zero-order chi connectivity index (χ0) is 9.61. The minimum absolute atomic E-state index is 0.0502. The predicted octanol–water partition coefficient (Wildman–Crippen LogP) is 1.08. The number of hydrazine groups is 1. The molecule has 6 heteroatoms. The molecule has 0 aliphatic carbocycles. The molecule has 0 amide bonds. The Hall–Kier alpha value is -0.780. The van der Waals surface area contributed by atoms with Crippen molar-refractivity contribution in [3.05, 3.63) is 0 Å². The number of nitrogens with one attached hydrogen (secondary N) is 2. The van der Waals surface area contributed by atoms with Gasteiger partial charge in [-0.1, -0.05) is 6.92 Å². The lowest BCUT2D eigenvalue weighted by atomic mass is 10.2. The van der Waals surface area contributed by atoms with Crippen LogP contribution in [-0.2, 0) is 0 Å². The lowest BCUT2D eigenvalue weighted by molar-refractivity contribution is -0.147. The molecule has 1 atom stereocenters. The zero-order valence-corrected chi connectivity index (χ0v) is 6.94. The van der Waals surface area contributed by atoms with Crippen LogP contribution in [0.25, 0.3) is 0 Å². The molecule has 1 unspecified atom stereocenters. The van der Waals surface area contributed by atoms with Crippen molar-refractivity contribution in [2.24, 2.45) is 4.99 Å². The Morgan fingerprint density at radius 1 is 1.50 bits per heavy atom. The number of halogens is 3. The molecule has 0 aromatic rings. The van der Waals surface area contributed by atoms with Crippen molar-refractivity contribution >= 4 is 6.34 Å². The fourth-order valence-corrected chi connectivity index (χ4v) is 0.613. The Morgan fingerprint density at radius 3 is 2.42 bits per heavy atom. The third kappa shape index (κ3) is 4.17. The second kappa shape index (κ2) is 4.97. The predicted molar refractivity (Wildman–Crippen MR) is 40.8 cm³/mol. The summed E-state index contributed by atoms with van der Waals surface area (Å²) >= 11 is 0. The maximum absolute atomic E-state index is 12.0. The zero-order valence-electron chi connectivity index (χ0n) is 6.94. The van der Waals surface area contributed by atoms with E-state index >= 15 is 0 Å². The van der Waals surface area contributed by atoms with E-state index in [2.05, 4.69) is 15.8 Å². The summed E-state index contributed by atoms with van der Waals surface area (Å²) in [5, 5.41) is 0. The monoisotopic (exact) mass is 183 g/mol. The van der Waals surface area contributed by atoms with Crippen molar-refractivity contribution in [3.63, 3.8) is 0 Å². The second-order valence-corrected chi connectivity index (χ2v) is 2.14. The largest absolute Gasteiger partial charge is 0.410 e. The minimum atomic E-state index is -4.25. The van der Waals surface area contributed by atoms with E-state index in [4.69, 9.17) is 0 Å². The van der Waals surface area contributed by atoms with E-state index in [0.29, 0.717) is 0 Å². The van der Waals surface area contributed by atoms with Gasteiger partial charge in [0.1, 0.15) is 6.04 Å². The molecule has 0 aliphatic heterocycles. The Labute approximate surface area is 69.0 Å². The van der Waals surface area contributed by atoms with E-state index in [1.807, 2.05) is 0 Å². The van der Waals surface area contributed by atoms with Crippen LogP contribution in [-0.4, -0.2) is 25.6 Å². The Bertz CT molecular complexity index is 143. The van der Waals surface area contributed by atoms with Crippen LogP contribution in [0.4, 0.5) is 13.2 Å². The summed E-state index contributed by atoms with van der Waals surface area (Å²) in [4.78, 5) is 3.28.